The molecule has 4 unspecified atom stereocenters. The van der Waals surface area contributed by atoms with Crippen molar-refractivity contribution >= 4 is 0 Å². The average molecular weight is 259 g/mol. The van der Waals surface area contributed by atoms with Crippen molar-refractivity contribution in [2.75, 3.05) is 19.6 Å². The quantitative estimate of drug-likeness (QED) is 0.608. The molecule has 1 saturated carbocycles. The highest BCUT2D eigenvalue weighted by atomic mass is 16.3. The van der Waals surface area contributed by atoms with E-state index in [-0.39, 0.29) is 0 Å². The second-order valence-corrected chi connectivity index (χ2v) is 6.67. The van der Waals surface area contributed by atoms with Crippen LogP contribution in [0.15, 0.2) is 12.2 Å². The first-order valence-corrected chi connectivity index (χ1v) is 7.78. The maximum atomic E-state index is 10.6. The van der Waals surface area contributed by atoms with E-state index >= 15 is 0 Å². The van der Waals surface area contributed by atoms with Gasteiger partial charge >= 0.3 is 0 Å². The molecule has 0 aromatic heterocycles. The van der Waals surface area contributed by atoms with Gasteiger partial charge in [-0.05, 0) is 57.5 Å². The Labute approximate surface area is 116 Å². The Balaban J connectivity index is 1.57. The van der Waals surface area contributed by atoms with Gasteiger partial charge < -0.3 is 5.11 Å². The molecule has 1 saturated heterocycles. The van der Waals surface area contributed by atoms with E-state index in [4.69, 9.17) is 0 Å². The normalized spacial score (nSPS) is 36.8. The van der Waals surface area contributed by atoms with Crippen LogP contribution in [0.3, 0.4) is 0 Å². The molecule has 2 aliphatic carbocycles. The molecule has 3 rings (SSSR count). The highest BCUT2D eigenvalue weighted by molar-refractivity contribution is 5.22. The Kier molecular flexibility index (Phi) is 3.69. The van der Waals surface area contributed by atoms with Gasteiger partial charge in [0, 0.05) is 5.92 Å². The highest BCUT2D eigenvalue weighted by Crippen LogP contribution is 2.47. The molecule has 19 heavy (non-hydrogen) atoms. The van der Waals surface area contributed by atoms with Gasteiger partial charge in [0.1, 0.15) is 5.60 Å². The average Bonchev–Trinajstić information content (AvgIpc) is 3.02. The highest BCUT2D eigenvalue weighted by Gasteiger charge is 2.44. The van der Waals surface area contributed by atoms with Crippen molar-refractivity contribution in [3.05, 3.63) is 12.2 Å². The van der Waals surface area contributed by atoms with Crippen molar-refractivity contribution in [3.8, 4) is 11.8 Å². The second kappa shape index (κ2) is 5.31. The molecule has 104 valence electrons. The molecule has 4 atom stereocenters. The summed E-state index contributed by atoms with van der Waals surface area (Å²) in [7, 11) is 0. The van der Waals surface area contributed by atoms with Crippen LogP contribution in [-0.4, -0.2) is 35.2 Å². The maximum Gasteiger partial charge on any atom is 0.126 e. The largest absolute Gasteiger partial charge is 0.378 e. The first-order valence-electron chi connectivity index (χ1n) is 7.78. The molecule has 1 heterocycles. The van der Waals surface area contributed by atoms with E-state index in [1.54, 1.807) is 0 Å². The first-order chi connectivity index (χ1) is 9.15. The zero-order chi connectivity index (χ0) is 13.3. The van der Waals surface area contributed by atoms with Crippen LogP contribution in [-0.2, 0) is 0 Å². The van der Waals surface area contributed by atoms with Crippen molar-refractivity contribution in [3.63, 3.8) is 0 Å². The Morgan fingerprint density at radius 3 is 2.63 bits per heavy atom. The van der Waals surface area contributed by atoms with Gasteiger partial charge in [0.2, 0.25) is 0 Å². The predicted molar refractivity (Wildman–Crippen MR) is 77.5 cm³/mol. The lowest BCUT2D eigenvalue weighted by atomic mass is 9.80. The second-order valence-electron chi connectivity index (χ2n) is 6.67. The van der Waals surface area contributed by atoms with E-state index in [0.717, 1.165) is 13.0 Å². The van der Waals surface area contributed by atoms with Gasteiger partial charge in [-0.1, -0.05) is 30.4 Å². The lowest BCUT2D eigenvalue weighted by Crippen LogP contribution is -2.36. The lowest BCUT2D eigenvalue weighted by Gasteiger charge is -2.30. The van der Waals surface area contributed by atoms with E-state index in [2.05, 4.69) is 28.9 Å². The third-order valence-electron chi connectivity index (χ3n) is 5.09. The minimum absolute atomic E-state index is 0.344. The van der Waals surface area contributed by atoms with Crippen LogP contribution in [0.1, 0.15) is 39.0 Å². The van der Waals surface area contributed by atoms with Crippen molar-refractivity contribution in [1.82, 2.24) is 4.90 Å². The van der Waals surface area contributed by atoms with Gasteiger partial charge in [0.05, 0.1) is 6.54 Å². The number of aliphatic hydroxyl groups is 1. The summed E-state index contributed by atoms with van der Waals surface area (Å²) in [5.41, 5.74) is -0.806. The summed E-state index contributed by atoms with van der Waals surface area (Å²) in [5, 5.41) is 10.6. The molecule has 0 radical (unpaired) electrons. The Morgan fingerprint density at radius 2 is 2.00 bits per heavy atom. The van der Waals surface area contributed by atoms with Crippen LogP contribution in [0.5, 0.6) is 0 Å². The monoisotopic (exact) mass is 259 g/mol. The summed E-state index contributed by atoms with van der Waals surface area (Å²) in [4.78, 5) is 2.41. The summed E-state index contributed by atoms with van der Waals surface area (Å²) in [5.74, 6) is 8.00. The molecule has 2 fully saturated rings. The fraction of sp³-hybridized carbons (Fsp3) is 0.765. The van der Waals surface area contributed by atoms with E-state index in [0.29, 0.717) is 17.8 Å². The van der Waals surface area contributed by atoms with Gasteiger partial charge in [-0.2, -0.15) is 0 Å². The molecule has 0 amide bonds. The van der Waals surface area contributed by atoms with Gasteiger partial charge in [-0.15, -0.1) is 0 Å². The lowest BCUT2D eigenvalue weighted by molar-refractivity contribution is 0.0431. The van der Waals surface area contributed by atoms with Gasteiger partial charge in [0.25, 0.3) is 0 Å². The minimum atomic E-state index is -0.806. The van der Waals surface area contributed by atoms with Crippen LogP contribution in [0.25, 0.3) is 0 Å². The van der Waals surface area contributed by atoms with Crippen molar-refractivity contribution in [2.24, 2.45) is 17.8 Å². The zero-order valence-corrected chi connectivity index (χ0v) is 11.9. The number of piperidine rings is 1. The van der Waals surface area contributed by atoms with E-state index < -0.39 is 5.60 Å². The summed E-state index contributed by atoms with van der Waals surface area (Å²) < 4.78 is 0. The number of fused-ring (bicyclic) bond motifs is 2. The van der Waals surface area contributed by atoms with Crippen LogP contribution < -0.4 is 0 Å². The number of nitrogens with zero attached hydrogens (tertiary/aromatic N) is 1. The molecular formula is C17H25NO. The number of hydrogen-bond acceptors (Lipinski definition) is 2. The first kappa shape index (κ1) is 13.2. The van der Waals surface area contributed by atoms with Crippen molar-refractivity contribution < 1.29 is 5.11 Å². The summed E-state index contributed by atoms with van der Waals surface area (Å²) in [6, 6.07) is 0. The minimum Gasteiger partial charge on any atom is -0.378 e. The molecule has 3 aliphatic rings. The molecule has 2 heteroatoms. The molecule has 2 nitrogen and oxygen atoms in total. The molecule has 1 N–H and O–H groups in total. The SMILES string of the molecule is CC(O)(C#CCN1CCCCC1)C1CC2C=CC1C2. The van der Waals surface area contributed by atoms with Crippen LogP contribution in [0.4, 0.5) is 0 Å². The van der Waals surface area contributed by atoms with Gasteiger partial charge in [-0.3, -0.25) is 4.90 Å². The number of hydrogen-bond donors (Lipinski definition) is 1. The summed E-state index contributed by atoms with van der Waals surface area (Å²) in [6.45, 7) is 5.09. The standard InChI is InChI=1S/C17H25NO/c1-17(19,16-13-14-6-7-15(16)12-14)8-5-11-18-9-3-2-4-10-18/h6-7,14-16,19H,2-4,9-13H2,1H3. The third kappa shape index (κ3) is 2.88. The zero-order valence-electron chi connectivity index (χ0n) is 11.9. The molecule has 1 aliphatic heterocycles. The Hall–Kier alpha value is -0.780. The van der Waals surface area contributed by atoms with Gasteiger partial charge in [-0.25, -0.2) is 0 Å². The molecule has 0 aromatic carbocycles. The summed E-state index contributed by atoms with van der Waals surface area (Å²) in [6.07, 6.45) is 10.9. The summed E-state index contributed by atoms with van der Waals surface area (Å²) >= 11 is 0. The topological polar surface area (TPSA) is 23.5 Å². The van der Waals surface area contributed by atoms with Crippen LogP contribution >= 0.6 is 0 Å². The Bertz CT molecular complexity index is 409. The van der Waals surface area contributed by atoms with Gasteiger partial charge in [0.15, 0.2) is 0 Å². The van der Waals surface area contributed by atoms with Crippen molar-refractivity contribution in [1.29, 1.82) is 0 Å². The van der Waals surface area contributed by atoms with Crippen LogP contribution in [0.2, 0.25) is 0 Å². The van der Waals surface area contributed by atoms with E-state index in [9.17, 15) is 5.11 Å². The molecular weight excluding hydrogens is 234 g/mol. The smallest absolute Gasteiger partial charge is 0.126 e. The maximum absolute atomic E-state index is 10.6. The van der Waals surface area contributed by atoms with E-state index in [1.165, 1.54) is 38.8 Å². The molecule has 0 aromatic rings. The molecule has 0 spiro atoms. The predicted octanol–water partition coefficient (Wildman–Crippen LogP) is 2.44. The number of allylic oxidation sites excluding steroid dienone is 2. The van der Waals surface area contributed by atoms with Crippen LogP contribution in [0, 0.1) is 29.6 Å². The number of rotatable bonds is 2. The van der Waals surface area contributed by atoms with Crippen molar-refractivity contribution in [2.45, 2.75) is 44.6 Å². The third-order valence-corrected chi connectivity index (χ3v) is 5.09. The molecule has 2 bridgehead atoms. The Morgan fingerprint density at radius 1 is 1.21 bits per heavy atom. The number of likely N-dealkylation sites (tertiary alicyclic amines) is 1. The fourth-order valence-corrected chi connectivity index (χ4v) is 3.97. The fourth-order valence-electron chi connectivity index (χ4n) is 3.97. The van der Waals surface area contributed by atoms with E-state index in [1.807, 2.05) is 6.92 Å².